The Bertz CT molecular complexity index is 2700. The van der Waals surface area contributed by atoms with E-state index in [1.165, 1.54) is 23.5 Å². The third-order valence-electron chi connectivity index (χ3n) is 13.5. The summed E-state index contributed by atoms with van der Waals surface area (Å²) in [6, 6.07) is 29.4. The number of hydrogen-bond donors (Lipinski definition) is 3. The fourth-order valence-corrected chi connectivity index (χ4v) is 9.55. The molecule has 3 aliphatic heterocycles. The Hall–Kier alpha value is -6.44. The number of aryl methyl sites for hydroxylation is 2. The van der Waals surface area contributed by atoms with Crippen LogP contribution in [0.5, 0.6) is 0 Å². The molecule has 0 radical (unpaired) electrons. The number of urea groups is 1. The minimum atomic E-state index is -1.18. The fourth-order valence-electron chi connectivity index (χ4n) is 9.55. The maximum absolute atomic E-state index is 14.7. The second-order valence-electron chi connectivity index (χ2n) is 18.4. The molecule has 0 unspecified atom stereocenters. The first-order valence-corrected chi connectivity index (χ1v) is 22.9. The Kier molecular flexibility index (Phi) is 12.5. The van der Waals surface area contributed by atoms with Gasteiger partial charge in [-0.2, -0.15) is 5.10 Å². The van der Waals surface area contributed by atoms with E-state index >= 15 is 0 Å². The largest absolute Gasteiger partial charge is 0.386 e. The Balaban J connectivity index is 0.750. The highest BCUT2D eigenvalue weighted by molar-refractivity contribution is 6.05. The molecule has 3 saturated heterocycles. The fraction of sp³-hybridized carbons (Fsp3) is 0.365. The Morgan fingerprint density at radius 3 is 2.15 bits per heavy atom. The number of anilines is 3. The molecule has 0 spiro atoms. The van der Waals surface area contributed by atoms with E-state index in [1.54, 1.807) is 24.8 Å². The molecule has 5 heterocycles. The van der Waals surface area contributed by atoms with Crippen molar-refractivity contribution in [3.63, 3.8) is 0 Å². The van der Waals surface area contributed by atoms with Crippen LogP contribution in [-0.2, 0) is 16.8 Å². The van der Waals surface area contributed by atoms with Gasteiger partial charge in [0.1, 0.15) is 5.82 Å². The summed E-state index contributed by atoms with van der Waals surface area (Å²) in [5, 5.41) is 21.3. The lowest BCUT2D eigenvalue weighted by molar-refractivity contribution is -0.120. The van der Waals surface area contributed by atoms with Gasteiger partial charge in [0.15, 0.2) is 11.4 Å². The molecule has 2 aromatic heterocycles. The molecule has 3 fully saturated rings. The number of nitrogens with zero attached hydrogens (tertiary/aromatic N) is 6. The number of Topliss-reactive ketones (excluding diaryl/α,β-unsaturated/α-hetero) is 1. The first-order valence-electron chi connectivity index (χ1n) is 22.9. The summed E-state index contributed by atoms with van der Waals surface area (Å²) in [6.07, 6.45) is 6.04. The van der Waals surface area contributed by atoms with Gasteiger partial charge in [-0.25, -0.2) is 14.2 Å². The number of halogens is 1. The van der Waals surface area contributed by atoms with Gasteiger partial charge in [0, 0.05) is 105 Å². The molecule has 65 heavy (non-hydrogen) atoms. The van der Waals surface area contributed by atoms with Crippen LogP contribution in [0.15, 0.2) is 97.2 Å². The van der Waals surface area contributed by atoms with Crippen molar-refractivity contribution < 1.29 is 23.9 Å². The quantitative estimate of drug-likeness (QED) is 0.0974. The Labute approximate surface area is 379 Å². The number of aliphatic hydroxyl groups is 1. The van der Waals surface area contributed by atoms with Crippen molar-refractivity contribution in [2.75, 3.05) is 67.1 Å². The number of carbonyl (C=O) groups excluding carboxylic acids is 3. The maximum Gasteiger partial charge on any atom is 0.328 e. The number of hydrogen-bond acceptors (Lipinski definition) is 9. The van der Waals surface area contributed by atoms with Crippen molar-refractivity contribution in [2.45, 2.75) is 64.9 Å². The molecule has 4 aromatic carbocycles. The van der Waals surface area contributed by atoms with Gasteiger partial charge in [0.25, 0.3) is 0 Å². The summed E-state index contributed by atoms with van der Waals surface area (Å²) in [7, 11) is 0. The van der Waals surface area contributed by atoms with Gasteiger partial charge in [0.2, 0.25) is 5.91 Å². The van der Waals surface area contributed by atoms with E-state index in [1.807, 2.05) is 18.3 Å². The van der Waals surface area contributed by atoms with Crippen LogP contribution in [0.1, 0.15) is 73.0 Å². The zero-order valence-corrected chi connectivity index (χ0v) is 37.4. The van der Waals surface area contributed by atoms with Gasteiger partial charge < -0.3 is 14.9 Å². The number of pyridine rings is 1. The molecule has 13 heteroatoms. The minimum Gasteiger partial charge on any atom is -0.386 e. The van der Waals surface area contributed by atoms with Crippen molar-refractivity contribution in [2.24, 2.45) is 5.92 Å². The standard InChI is InChI=1S/C52H57FN8O4/c1-34-29-38(8-7-36(34)5-4-6-47(62)44-18-11-40(31-46(44)53)52(2,3)65)49-45-30-39(32-54-50(45)57-56-49)37-9-12-41(13-10-37)60-27-25-58(26-28-60)33-35-19-22-59(23-20-35)42-14-16-43(17-15-42)61-24-21-48(63)55-51(61)64/h7-18,29-32,35,65H,4-6,19-28,33H2,1-3H3,(H,54,56,57)(H,55,63,64). The lowest BCUT2D eigenvalue weighted by Crippen LogP contribution is -2.49. The van der Waals surface area contributed by atoms with Crippen LogP contribution in [0.4, 0.5) is 26.2 Å². The van der Waals surface area contributed by atoms with Crippen molar-refractivity contribution in [3.05, 3.63) is 125 Å². The van der Waals surface area contributed by atoms with E-state index in [2.05, 4.69) is 97.8 Å². The lowest BCUT2D eigenvalue weighted by atomic mass is 9.94. The van der Waals surface area contributed by atoms with E-state index in [0.29, 0.717) is 42.9 Å². The zero-order valence-electron chi connectivity index (χ0n) is 37.4. The number of carbonyl (C=O) groups is 3. The van der Waals surface area contributed by atoms with Crippen molar-refractivity contribution in [3.8, 4) is 22.4 Å². The number of amides is 3. The predicted octanol–water partition coefficient (Wildman–Crippen LogP) is 8.66. The van der Waals surface area contributed by atoms with Crippen LogP contribution in [0, 0.1) is 18.7 Å². The Morgan fingerprint density at radius 1 is 0.800 bits per heavy atom. The molecule has 12 nitrogen and oxygen atoms in total. The molecule has 6 aromatic rings. The molecule has 3 amide bonds. The smallest absolute Gasteiger partial charge is 0.328 e. The molecule has 0 atom stereocenters. The van der Waals surface area contributed by atoms with Crippen molar-refractivity contribution in [1.29, 1.82) is 0 Å². The average Bonchev–Trinajstić information content (AvgIpc) is 3.73. The molecule has 0 bridgehead atoms. The molecular weight excluding hydrogens is 820 g/mol. The number of aromatic amines is 1. The van der Waals surface area contributed by atoms with E-state index < -0.39 is 11.4 Å². The van der Waals surface area contributed by atoms with Gasteiger partial charge >= 0.3 is 6.03 Å². The molecule has 3 aliphatic rings. The highest BCUT2D eigenvalue weighted by Crippen LogP contribution is 2.33. The summed E-state index contributed by atoms with van der Waals surface area (Å²) >= 11 is 0. The minimum absolute atomic E-state index is 0.0602. The topological polar surface area (TPSA) is 138 Å². The van der Waals surface area contributed by atoms with Gasteiger partial charge in [0.05, 0.1) is 16.9 Å². The van der Waals surface area contributed by atoms with Crippen LogP contribution in [0.25, 0.3) is 33.4 Å². The third-order valence-corrected chi connectivity index (χ3v) is 13.5. The molecule has 3 N–H and O–H groups in total. The van der Waals surface area contributed by atoms with Crippen LogP contribution >= 0.6 is 0 Å². The number of ketones is 1. The number of nitrogens with one attached hydrogen (secondary N) is 2. The molecule has 336 valence electrons. The van der Waals surface area contributed by atoms with Crippen LogP contribution in [0.2, 0.25) is 0 Å². The normalized spacial score (nSPS) is 16.7. The zero-order chi connectivity index (χ0) is 45.2. The highest BCUT2D eigenvalue weighted by atomic mass is 19.1. The third kappa shape index (κ3) is 9.81. The number of fused-ring (bicyclic) bond motifs is 1. The summed E-state index contributed by atoms with van der Waals surface area (Å²) < 4.78 is 14.7. The van der Waals surface area contributed by atoms with Crippen molar-refractivity contribution in [1.82, 2.24) is 25.4 Å². The monoisotopic (exact) mass is 876 g/mol. The summed E-state index contributed by atoms with van der Waals surface area (Å²) in [6.45, 7) is 12.9. The number of rotatable bonds is 13. The lowest BCUT2D eigenvalue weighted by Gasteiger charge is -2.40. The van der Waals surface area contributed by atoms with E-state index in [-0.39, 0.29) is 29.7 Å². The van der Waals surface area contributed by atoms with E-state index in [0.717, 1.165) is 103 Å². The van der Waals surface area contributed by atoms with Crippen LogP contribution in [-0.4, -0.2) is 95.3 Å². The summed E-state index contributed by atoms with van der Waals surface area (Å²) in [4.78, 5) is 50.5. The number of imide groups is 1. The maximum atomic E-state index is 14.7. The second kappa shape index (κ2) is 18.6. The predicted molar refractivity (Wildman–Crippen MR) is 254 cm³/mol. The van der Waals surface area contributed by atoms with Crippen LogP contribution < -0.4 is 20.0 Å². The number of piperidine rings is 1. The van der Waals surface area contributed by atoms with Gasteiger partial charge in [-0.3, -0.25) is 29.8 Å². The molecule has 0 aliphatic carbocycles. The number of H-pyrrole nitrogens is 1. The first kappa shape index (κ1) is 43.8. The van der Waals surface area contributed by atoms with Crippen molar-refractivity contribution >= 4 is 45.8 Å². The molecule has 9 rings (SSSR count). The van der Waals surface area contributed by atoms with Gasteiger partial charge in [-0.05, 0) is 135 Å². The number of aromatic nitrogens is 3. The summed E-state index contributed by atoms with van der Waals surface area (Å²) in [5.74, 6) is -0.384. The second-order valence-corrected chi connectivity index (χ2v) is 18.4. The van der Waals surface area contributed by atoms with E-state index in [9.17, 15) is 23.9 Å². The van der Waals surface area contributed by atoms with Gasteiger partial charge in [-0.1, -0.05) is 30.3 Å². The number of piperazine rings is 1. The highest BCUT2D eigenvalue weighted by Gasteiger charge is 2.27. The summed E-state index contributed by atoms with van der Waals surface area (Å²) in [5.41, 5.74) is 9.46. The molecule has 0 saturated carbocycles. The average molecular weight is 877 g/mol. The van der Waals surface area contributed by atoms with Gasteiger partial charge in [-0.15, -0.1) is 0 Å². The molecular formula is C52H57FN8O4. The Morgan fingerprint density at radius 2 is 1.48 bits per heavy atom. The first-order chi connectivity index (χ1) is 31.4. The SMILES string of the molecule is Cc1cc(-c2[nH]nc3ncc(-c4ccc(N5CCN(CC6CCN(c7ccc(N8CCC(=O)NC8=O)cc7)CC6)CC5)cc4)cc23)ccc1CCCC(=O)c1ccc(C(C)(C)O)cc1F. The van der Waals surface area contributed by atoms with Crippen LogP contribution in [0.3, 0.4) is 0 Å². The number of benzene rings is 4. The van der Waals surface area contributed by atoms with E-state index in [4.69, 9.17) is 4.98 Å².